The minimum Gasteiger partial charge on any atom is -0.434 e. The normalized spacial score (nSPS) is 16.4. The summed E-state index contributed by atoms with van der Waals surface area (Å²) >= 11 is 0. The van der Waals surface area contributed by atoms with Gasteiger partial charge in [0.1, 0.15) is 5.75 Å². The third-order valence-corrected chi connectivity index (χ3v) is 3.09. The van der Waals surface area contributed by atoms with E-state index >= 15 is 0 Å². The first kappa shape index (κ1) is 14.9. The van der Waals surface area contributed by atoms with Crippen LogP contribution in [0.15, 0.2) is 24.3 Å². The fourth-order valence-electron chi connectivity index (χ4n) is 1.74. The van der Waals surface area contributed by atoms with Gasteiger partial charge < -0.3 is 15.6 Å². The fourth-order valence-corrected chi connectivity index (χ4v) is 1.74. The number of aliphatic hydroxyl groups is 1. The molecular formula is C13H19F2NO2. The number of benzene rings is 1. The van der Waals surface area contributed by atoms with E-state index in [9.17, 15) is 13.9 Å². The van der Waals surface area contributed by atoms with E-state index in [0.717, 1.165) is 6.42 Å². The lowest BCUT2D eigenvalue weighted by Crippen LogP contribution is -2.32. The molecule has 0 saturated carbocycles. The summed E-state index contributed by atoms with van der Waals surface area (Å²) in [6.07, 6.45) is -0.0374. The lowest BCUT2D eigenvalue weighted by atomic mass is 9.91. The van der Waals surface area contributed by atoms with Gasteiger partial charge in [0.15, 0.2) is 0 Å². The van der Waals surface area contributed by atoms with Gasteiger partial charge in [0.2, 0.25) is 0 Å². The number of hydrogen-bond acceptors (Lipinski definition) is 3. The van der Waals surface area contributed by atoms with Gasteiger partial charge in [0.25, 0.3) is 0 Å². The molecule has 1 aromatic rings. The molecule has 1 aromatic carbocycles. The first-order valence-electron chi connectivity index (χ1n) is 5.94. The number of alkyl halides is 2. The summed E-state index contributed by atoms with van der Waals surface area (Å²) in [6, 6.07) is 5.54. The van der Waals surface area contributed by atoms with Gasteiger partial charge in [0.05, 0.1) is 12.1 Å². The van der Waals surface area contributed by atoms with Crippen LogP contribution in [0, 0.1) is 5.92 Å². The molecule has 3 nitrogen and oxygen atoms in total. The van der Waals surface area contributed by atoms with Crippen LogP contribution in [-0.4, -0.2) is 17.8 Å². The summed E-state index contributed by atoms with van der Waals surface area (Å²) in [7, 11) is 0. The predicted molar refractivity (Wildman–Crippen MR) is 65.5 cm³/mol. The van der Waals surface area contributed by atoms with Crippen LogP contribution in [0.25, 0.3) is 0 Å². The molecule has 0 aliphatic carbocycles. The molecule has 1 unspecified atom stereocenters. The first-order chi connectivity index (χ1) is 8.47. The summed E-state index contributed by atoms with van der Waals surface area (Å²) in [5.74, 6) is 0.00181. The maximum atomic E-state index is 12.3. The number of ether oxygens (including phenoxy) is 1. The van der Waals surface area contributed by atoms with E-state index < -0.39 is 18.8 Å². The molecule has 0 radical (unpaired) electrons. The van der Waals surface area contributed by atoms with Crippen molar-refractivity contribution in [1.29, 1.82) is 0 Å². The number of aliphatic hydroxyl groups excluding tert-OH is 1. The van der Waals surface area contributed by atoms with Crippen LogP contribution in [-0.2, 0) is 0 Å². The Labute approximate surface area is 106 Å². The summed E-state index contributed by atoms with van der Waals surface area (Å²) in [5.41, 5.74) is 6.31. The van der Waals surface area contributed by atoms with E-state index in [0.29, 0.717) is 5.56 Å². The van der Waals surface area contributed by atoms with Crippen molar-refractivity contribution in [2.24, 2.45) is 11.7 Å². The zero-order valence-electron chi connectivity index (χ0n) is 10.5. The van der Waals surface area contributed by atoms with Gasteiger partial charge in [-0.25, -0.2) is 0 Å². The van der Waals surface area contributed by atoms with Crippen molar-refractivity contribution >= 4 is 0 Å². The third-order valence-electron chi connectivity index (χ3n) is 3.09. The van der Waals surface area contributed by atoms with Crippen molar-refractivity contribution in [3.63, 3.8) is 0 Å². The van der Waals surface area contributed by atoms with Gasteiger partial charge in [-0.15, -0.1) is 0 Å². The molecule has 102 valence electrons. The van der Waals surface area contributed by atoms with E-state index in [1.54, 1.807) is 18.2 Å². The Balaban J connectivity index is 2.94. The smallest absolute Gasteiger partial charge is 0.387 e. The molecule has 0 spiro atoms. The number of para-hydroxylation sites is 1. The molecule has 1 rings (SSSR count). The van der Waals surface area contributed by atoms with Crippen LogP contribution in [0.1, 0.15) is 31.9 Å². The lowest BCUT2D eigenvalue weighted by molar-refractivity contribution is -0.0512. The topological polar surface area (TPSA) is 55.5 Å². The Bertz CT molecular complexity index is 374. The molecule has 0 amide bonds. The van der Waals surface area contributed by atoms with E-state index in [-0.39, 0.29) is 11.7 Å². The Hall–Kier alpha value is -1.20. The Morgan fingerprint density at radius 1 is 1.33 bits per heavy atom. The van der Waals surface area contributed by atoms with E-state index in [1.807, 2.05) is 13.8 Å². The van der Waals surface area contributed by atoms with Crippen molar-refractivity contribution < 1.29 is 18.6 Å². The number of rotatable bonds is 6. The molecule has 18 heavy (non-hydrogen) atoms. The van der Waals surface area contributed by atoms with Gasteiger partial charge in [-0.2, -0.15) is 8.78 Å². The molecule has 0 fully saturated rings. The summed E-state index contributed by atoms with van der Waals surface area (Å²) in [6.45, 7) is 0.891. The summed E-state index contributed by atoms with van der Waals surface area (Å²) < 4.78 is 28.9. The van der Waals surface area contributed by atoms with Crippen LogP contribution in [0.4, 0.5) is 8.78 Å². The van der Waals surface area contributed by atoms with Gasteiger partial charge in [0, 0.05) is 5.56 Å². The Morgan fingerprint density at radius 2 is 1.94 bits per heavy atom. The van der Waals surface area contributed by atoms with Crippen molar-refractivity contribution in [2.75, 3.05) is 0 Å². The van der Waals surface area contributed by atoms with Crippen LogP contribution in [0.5, 0.6) is 5.75 Å². The molecular weight excluding hydrogens is 240 g/mol. The van der Waals surface area contributed by atoms with Crippen LogP contribution in [0.3, 0.4) is 0 Å². The lowest BCUT2D eigenvalue weighted by Gasteiger charge is -2.25. The third kappa shape index (κ3) is 3.65. The number of halogens is 2. The van der Waals surface area contributed by atoms with Gasteiger partial charge >= 0.3 is 6.61 Å². The average molecular weight is 259 g/mol. The quantitative estimate of drug-likeness (QED) is 0.825. The molecule has 0 aromatic heterocycles. The average Bonchev–Trinajstić information content (AvgIpc) is 2.36. The highest BCUT2D eigenvalue weighted by atomic mass is 19.3. The molecule has 0 aliphatic heterocycles. The van der Waals surface area contributed by atoms with Crippen molar-refractivity contribution in [3.8, 4) is 5.75 Å². The maximum absolute atomic E-state index is 12.3. The molecule has 0 saturated heterocycles. The van der Waals surface area contributed by atoms with Crippen molar-refractivity contribution in [1.82, 2.24) is 0 Å². The van der Waals surface area contributed by atoms with E-state index in [2.05, 4.69) is 4.74 Å². The molecule has 0 aliphatic rings. The Kier molecular flexibility index (Phi) is 5.50. The minimum absolute atomic E-state index is 0.0143. The second-order valence-electron chi connectivity index (χ2n) is 4.32. The highest BCUT2D eigenvalue weighted by Crippen LogP contribution is 2.29. The molecule has 3 atom stereocenters. The largest absolute Gasteiger partial charge is 0.434 e. The molecule has 3 N–H and O–H groups in total. The van der Waals surface area contributed by atoms with E-state index in [4.69, 9.17) is 5.73 Å². The second kappa shape index (κ2) is 6.66. The number of hydrogen-bond donors (Lipinski definition) is 2. The van der Waals surface area contributed by atoms with Crippen molar-refractivity contribution in [2.45, 2.75) is 39.0 Å². The highest BCUT2D eigenvalue weighted by Gasteiger charge is 2.25. The summed E-state index contributed by atoms with van der Waals surface area (Å²) in [5, 5.41) is 10.0. The SMILES string of the molecule is CCC(C)[C@H](O)[C@H](N)c1ccccc1OC(F)F. The maximum Gasteiger partial charge on any atom is 0.387 e. The monoisotopic (exact) mass is 259 g/mol. The van der Waals surface area contributed by atoms with E-state index in [1.165, 1.54) is 6.07 Å². The molecule has 0 bridgehead atoms. The zero-order chi connectivity index (χ0) is 13.7. The standard InChI is InChI=1S/C13H19F2NO2/c1-3-8(2)12(17)11(16)9-6-4-5-7-10(9)18-13(14)15/h4-8,11-13,17H,3,16H2,1-2H3/t8?,11-,12+/m1/s1. The second-order valence-corrected chi connectivity index (χ2v) is 4.32. The van der Waals surface area contributed by atoms with Crippen LogP contribution in [0.2, 0.25) is 0 Å². The molecule has 5 heteroatoms. The Morgan fingerprint density at radius 3 is 2.50 bits per heavy atom. The minimum atomic E-state index is -2.90. The van der Waals surface area contributed by atoms with Crippen LogP contribution < -0.4 is 10.5 Å². The van der Waals surface area contributed by atoms with Gasteiger partial charge in [-0.05, 0) is 12.0 Å². The van der Waals surface area contributed by atoms with Gasteiger partial charge in [-0.1, -0.05) is 38.5 Å². The van der Waals surface area contributed by atoms with Crippen LogP contribution >= 0.6 is 0 Å². The predicted octanol–water partition coefficient (Wildman–Crippen LogP) is 2.69. The highest BCUT2D eigenvalue weighted by molar-refractivity contribution is 5.36. The zero-order valence-corrected chi connectivity index (χ0v) is 10.5. The first-order valence-corrected chi connectivity index (χ1v) is 5.94. The fraction of sp³-hybridized carbons (Fsp3) is 0.538. The van der Waals surface area contributed by atoms with Gasteiger partial charge in [-0.3, -0.25) is 0 Å². The summed E-state index contributed by atoms with van der Waals surface area (Å²) in [4.78, 5) is 0. The molecule has 0 heterocycles. The number of nitrogens with two attached hydrogens (primary N) is 1. The van der Waals surface area contributed by atoms with Crippen molar-refractivity contribution in [3.05, 3.63) is 29.8 Å².